The first kappa shape index (κ1) is 6.53. The molecule has 0 aromatic heterocycles. The molecule has 1 heterocycles. The SMILES string of the molecule is BrC1=NN=C2CCCC[C@@H]12. The molecule has 1 saturated carbocycles. The van der Waals surface area contributed by atoms with Gasteiger partial charge in [-0.2, -0.15) is 5.10 Å². The van der Waals surface area contributed by atoms with Crippen LogP contribution in [0.4, 0.5) is 0 Å². The highest BCUT2D eigenvalue weighted by molar-refractivity contribution is 9.18. The van der Waals surface area contributed by atoms with E-state index in [1.165, 1.54) is 25.0 Å². The van der Waals surface area contributed by atoms with Gasteiger partial charge in [-0.1, -0.05) is 6.42 Å². The molecule has 0 radical (unpaired) electrons. The maximum atomic E-state index is 4.10. The first-order chi connectivity index (χ1) is 4.88. The largest absolute Gasteiger partial charge is 0.159 e. The Morgan fingerprint density at radius 1 is 1.30 bits per heavy atom. The van der Waals surface area contributed by atoms with Crippen molar-refractivity contribution in [2.75, 3.05) is 0 Å². The first-order valence-corrected chi connectivity index (χ1v) is 4.47. The van der Waals surface area contributed by atoms with Gasteiger partial charge in [0.15, 0.2) is 0 Å². The van der Waals surface area contributed by atoms with Crippen LogP contribution in [-0.2, 0) is 0 Å². The van der Waals surface area contributed by atoms with Gasteiger partial charge in [0.1, 0.15) is 4.62 Å². The van der Waals surface area contributed by atoms with Crippen molar-refractivity contribution in [2.24, 2.45) is 16.1 Å². The Balaban J connectivity index is 2.19. The average Bonchev–Trinajstić information content (AvgIpc) is 2.34. The van der Waals surface area contributed by atoms with Crippen LogP contribution in [0.3, 0.4) is 0 Å². The second-order valence-corrected chi connectivity index (χ2v) is 3.62. The Bertz CT molecular complexity index is 208. The Kier molecular flexibility index (Phi) is 1.60. The fourth-order valence-corrected chi connectivity index (χ4v) is 2.13. The van der Waals surface area contributed by atoms with Gasteiger partial charge in [0.05, 0.1) is 11.6 Å². The molecule has 2 nitrogen and oxygen atoms in total. The molecule has 0 spiro atoms. The number of halogens is 1. The molecular weight excluding hydrogens is 192 g/mol. The predicted octanol–water partition coefficient (Wildman–Crippen LogP) is 2.34. The van der Waals surface area contributed by atoms with E-state index in [0.29, 0.717) is 5.92 Å². The highest BCUT2D eigenvalue weighted by Crippen LogP contribution is 2.28. The lowest BCUT2D eigenvalue weighted by atomic mass is 9.89. The molecule has 10 heavy (non-hydrogen) atoms. The third-order valence-corrected chi connectivity index (χ3v) is 2.85. The van der Waals surface area contributed by atoms with Crippen LogP contribution < -0.4 is 0 Å². The van der Waals surface area contributed by atoms with Crippen LogP contribution in [0.25, 0.3) is 0 Å². The lowest BCUT2D eigenvalue weighted by molar-refractivity contribution is 0.623. The van der Waals surface area contributed by atoms with Crippen molar-refractivity contribution in [1.82, 2.24) is 0 Å². The second kappa shape index (κ2) is 2.46. The summed E-state index contributed by atoms with van der Waals surface area (Å²) >= 11 is 3.42. The van der Waals surface area contributed by atoms with E-state index in [0.717, 1.165) is 11.0 Å². The van der Waals surface area contributed by atoms with E-state index in [4.69, 9.17) is 0 Å². The lowest BCUT2D eigenvalue weighted by Crippen LogP contribution is -2.20. The fourth-order valence-electron chi connectivity index (χ4n) is 1.55. The summed E-state index contributed by atoms with van der Waals surface area (Å²) in [4.78, 5) is 0. The predicted molar refractivity (Wildman–Crippen MR) is 45.8 cm³/mol. The van der Waals surface area contributed by atoms with Crippen LogP contribution >= 0.6 is 15.9 Å². The minimum Gasteiger partial charge on any atom is -0.159 e. The zero-order valence-electron chi connectivity index (χ0n) is 5.68. The first-order valence-electron chi connectivity index (χ1n) is 3.68. The molecule has 1 aliphatic carbocycles. The van der Waals surface area contributed by atoms with Crippen LogP contribution in [0.5, 0.6) is 0 Å². The van der Waals surface area contributed by atoms with Crippen LogP contribution in [-0.4, -0.2) is 10.3 Å². The zero-order chi connectivity index (χ0) is 6.97. The van der Waals surface area contributed by atoms with Gasteiger partial charge < -0.3 is 0 Å². The summed E-state index contributed by atoms with van der Waals surface area (Å²) in [5, 5.41) is 8.10. The standard InChI is InChI=1S/C7H9BrN2/c8-7-5-3-1-2-4-6(5)9-10-7/h5H,1-4H2/t5-/m1/s1. The van der Waals surface area contributed by atoms with Crippen LogP contribution in [0.1, 0.15) is 25.7 Å². The Morgan fingerprint density at radius 3 is 3.00 bits per heavy atom. The Morgan fingerprint density at radius 2 is 2.20 bits per heavy atom. The van der Waals surface area contributed by atoms with Crippen LogP contribution in [0, 0.1) is 5.92 Å². The van der Waals surface area contributed by atoms with Crippen molar-refractivity contribution in [3.8, 4) is 0 Å². The van der Waals surface area contributed by atoms with Gasteiger partial charge in [-0.3, -0.25) is 0 Å². The van der Waals surface area contributed by atoms with E-state index in [2.05, 4.69) is 26.1 Å². The van der Waals surface area contributed by atoms with Crippen molar-refractivity contribution in [3.05, 3.63) is 0 Å². The van der Waals surface area contributed by atoms with Crippen molar-refractivity contribution >= 4 is 26.3 Å². The molecule has 1 atom stereocenters. The minimum absolute atomic E-state index is 0.550. The quantitative estimate of drug-likeness (QED) is 0.574. The molecule has 2 rings (SSSR count). The summed E-state index contributed by atoms with van der Waals surface area (Å²) in [7, 11) is 0. The van der Waals surface area contributed by atoms with Gasteiger partial charge in [-0.15, -0.1) is 5.10 Å². The third kappa shape index (κ3) is 0.926. The van der Waals surface area contributed by atoms with E-state index in [1.807, 2.05) is 0 Å². The van der Waals surface area contributed by atoms with Crippen molar-refractivity contribution < 1.29 is 0 Å². The number of rotatable bonds is 0. The minimum atomic E-state index is 0.550. The molecule has 0 amide bonds. The smallest absolute Gasteiger partial charge is 0.114 e. The summed E-state index contributed by atoms with van der Waals surface area (Å²) in [6.07, 6.45) is 5.02. The molecule has 0 N–H and O–H groups in total. The molecular formula is C7H9BrN2. The molecule has 0 bridgehead atoms. The van der Waals surface area contributed by atoms with Gasteiger partial charge >= 0.3 is 0 Å². The van der Waals surface area contributed by atoms with Gasteiger partial charge in [0, 0.05) is 0 Å². The van der Waals surface area contributed by atoms with E-state index in [9.17, 15) is 0 Å². The molecule has 2 aliphatic rings. The summed E-state index contributed by atoms with van der Waals surface area (Å²) in [6, 6.07) is 0. The van der Waals surface area contributed by atoms with Crippen molar-refractivity contribution in [2.45, 2.75) is 25.7 Å². The summed E-state index contributed by atoms with van der Waals surface area (Å²) in [5.74, 6) is 0.550. The Labute approximate surface area is 68.5 Å². The normalized spacial score (nSPS) is 31.1. The summed E-state index contributed by atoms with van der Waals surface area (Å²) in [6.45, 7) is 0. The maximum Gasteiger partial charge on any atom is 0.114 e. The lowest BCUT2D eigenvalue weighted by Gasteiger charge is -2.17. The second-order valence-electron chi connectivity index (χ2n) is 2.81. The van der Waals surface area contributed by atoms with E-state index in [1.54, 1.807) is 0 Å². The average molecular weight is 201 g/mol. The number of hydrogen-bond acceptors (Lipinski definition) is 2. The monoisotopic (exact) mass is 200 g/mol. The zero-order valence-corrected chi connectivity index (χ0v) is 7.26. The van der Waals surface area contributed by atoms with Gasteiger partial charge in [-0.25, -0.2) is 0 Å². The van der Waals surface area contributed by atoms with Gasteiger partial charge in [0.2, 0.25) is 0 Å². The topological polar surface area (TPSA) is 24.7 Å². The van der Waals surface area contributed by atoms with Crippen LogP contribution in [0.2, 0.25) is 0 Å². The molecule has 0 aromatic carbocycles. The highest BCUT2D eigenvalue weighted by Gasteiger charge is 2.27. The van der Waals surface area contributed by atoms with Crippen molar-refractivity contribution in [3.63, 3.8) is 0 Å². The summed E-state index contributed by atoms with van der Waals surface area (Å²) in [5.41, 5.74) is 1.29. The van der Waals surface area contributed by atoms with Crippen molar-refractivity contribution in [1.29, 1.82) is 0 Å². The number of hydrogen-bond donors (Lipinski definition) is 0. The van der Waals surface area contributed by atoms with Crippen LogP contribution in [0.15, 0.2) is 10.2 Å². The maximum absolute atomic E-state index is 4.10. The molecule has 1 fully saturated rings. The summed E-state index contributed by atoms with van der Waals surface area (Å²) < 4.78 is 1.04. The molecule has 54 valence electrons. The number of nitrogens with zero attached hydrogens (tertiary/aromatic N) is 2. The highest BCUT2D eigenvalue weighted by atomic mass is 79.9. The van der Waals surface area contributed by atoms with E-state index >= 15 is 0 Å². The molecule has 0 aromatic rings. The molecule has 3 heteroatoms. The number of fused-ring (bicyclic) bond motifs is 1. The Hall–Kier alpha value is -0.180. The molecule has 0 saturated heterocycles. The third-order valence-electron chi connectivity index (χ3n) is 2.14. The van der Waals surface area contributed by atoms with Gasteiger partial charge in [0.25, 0.3) is 0 Å². The van der Waals surface area contributed by atoms with Gasteiger partial charge in [-0.05, 0) is 35.2 Å². The van der Waals surface area contributed by atoms with E-state index in [-0.39, 0.29) is 0 Å². The fraction of sp³-hybridized carbons (Fsp3) is 0.714. The molecule has 0 unspecified atom stereocenters. The molecule has 1 aliphatic heterocycles. The van der Waals surface area contributed by atoms with E-state index < -0.39 is 0 Å².